The molecule has 5 heteroatoms. The lowest BCUT2D eigenvalue weighted by Crippen LogP contribution is -2.53. The van der Waals surface area contributed by atoms with Crippen molar-refractivity contribution in [2.45, 2.75) is 25.0 Å². The molecule has 2 bridgehead atoms. The largest absolute Gasteiger partial charge is 0.461 e. The fourth-order valence-electron chi connectivity index (χ4n) is 2.75. The third kappa shape index (κ3) is 1.24. The summed E-state index contributed by atoms with van der Waals surface area (Å²) in [6.07, 6.45) is 2.22. The first-order valence-corrected chi connectivity index (χ1v) is 6.06. The Balaban J connectivity index is 1.92. The monoisotopic (exact) mass is 286 g/mol. The zero-order chi connectivity index (χ0) is 11.5. The van der Waals surface area contributed by atoms with Crippen LogP contribution in [0.15, 0.2) is 10.6 Å². The number of carbonyl (C=O) groups is 2. The molecular formula is C11H11BrO4. The number of hydrogen-bond donors (Lipinski definition) is 0. The summed E-state index contributed by atoms with van der Waals surface area (Å²) in [5.74, 6) is -0.584. The lowest BCUT2D eigenvalue weighted by molar-refractivity contribution is -0.156. The number of ether oxygens (including phenoxy) is 2. The molecule has 3 aliphatic carbocycles. The van der Waals surface area contributed by atoms with E-state index in [0.29, 0.717) is 13.0 Å². The highest BCUT2D eigenvalue weighted by Gasteiger charge is 2.67. The fraction of sp³-hybridized carbons (Fsp3) is 0.636. The van der Waals surface area contributed by atoms with Crippen molar-refractivity contribution < 1.29 is 19.1 Å². The molecular weight excluding hydrogens is 276 g/mol. The highest BCUT2D eigenvalue weighted by atomic mass is 79.9. The van der Waals surface area contributed by atoms with Crippen LogP contribution in [0.3, 0.4) is 0 Å². The maximum Gasteiger partial charge on any atom is 0.302 e. The Hall–Kier alpha value is -0.680. The highest BCUT2D eigenvalue weighted by Crippen LogP contribution is 2.55. The van der Waals surface area contributed by atoms with Gasteiger partial charge in [-0.05, 0) is 10.9 Å². The summed E-state index contributed by atoms with van der Waals surface area (Å²) in [6.45, 7) is 1.87. The topological polar surface area (TPSA) is 55.9 Å². The van der Waals surface area contributed by atoms with E-state index in [1.54, 1.807) is 0 Å². The third-order valence-corrected chi connectivity index (χ3v) is 4.41. The molecule has 0 aromatic carbocycles. The molecule has 0 N–H and O–H groups in total. The van der Waals surface area contributed by atoms with Crippen LogP contribution in [-0.4, -0.2) is 30.1 Å². The summed E-state index contributed by atoms with van der Waals surface area (Å²) in [4.78, 5) is 23.1. The third-order valence-electron chi connectivity index (χ3n) is 3.60. The Labute approximate surface area is 101 Å². The number of epoxide rings is 1. The molecule has 4 rings (SSSR count). The van der Waals surface area contributed by atoms with E-state index in [1.807, 2.05) is 6.08 Å². The van der Waals surface area contributed by atoms with Crippen molar-refractivity contribution >= 4 is 27.7 Å². The van der Waals surface area contributed by atoms with E-state index < -0.39 is 5.60 Å². The van der Waals surface area contributed by atoms with Crippen LogP contribution in [0.4, 0.5) is 0 Å². The van der Waals surface area contributed by atoms with Gasteiger partial charge >= 0.3 is 5.97 Å². The number of hydrogen-bond acceptors (Lipinski definition) is 4. The van der Waals surface area contributed by atoms with E-state index in [2.05, 4.69) is 15.9 Å². The summed E-state index contributed by atoms with van der Waals surface area (Å²) in [5.41, 5.74) is -0.602. The zero-order valence-corrected chi connectivity index (χ0v) is 10.3. The maximum absolute atomic E-state index is 12.1. The van der Waals surface area contributed by atoms with E-state index in [0.717, 1.165) is 4.48 Å². The molecule has 1 aliphatic heterocycles. The predicted octanol–water partition coefficient (Wildman–Crippen LogP) is 1.18. The standard InChI is InChI=1S/C11H11BrO4/c1-5(13)16-9-3-7-8(12)2-6(9)10(14)11(7)4-15-11/h2,6-7,9H,3-4H2,1H3/t6?,7?,9-,11-/m0/s1. The van der Waals surface area contributed by atoms with Crippen molar-refractivity contribution in [3.05, 3.63) is 10.6 Å². The molecule has 0 radical (unpaired) electrons. The lowest BCUT2D eigenvalue weighted by Gasteiger charge is -2.41. The number of esters is 1. The molecule has 1 spiro atoms. The molecule has 2 unspecified atom stereocenters. The molecule has 2 fully saturated rings. The van der Waals surface area contributed by atoms with Gasteiger partial charge in [-0.3, -0.25) is 9.59 Å². The number of fused-ring (bicyclic) bond motifs is 1. The first-order chi connectivity index (χ1) is 7.54. The Morgan fingerprint density at radius 2 is 2.38 bits per heavy atom. The fourth-order valence-corrected chi connectivity index (χ4v) is 3.60. The molecule has 1 saturated carbocycles. The number of halogens is 1. The van der Waals surface area contributed by atoms with Gasteiger partial charge in [0.25, 0.3) is 0 Å². The number of rotatable bonds is 1. The Kier molecular flexibility index (Phi) is 2.07. The summed E-state index contributed by atoms with van der Waals surface area (Å²) in [7, 11) is 0. The summed E-state index contributed by atoms with van der Waals surface area (Å²) in [6, 6.07) is 0. The van der Waals surface area contributed by atoms with Crippen molar-refractivity contribution in [2.75, 3.05) is 6.61 Å². The van der Waals surface area contributed by atoms with Crippen LogP contribution in [0.25, 0.3) is 0 Å². The van der Waals surface area contributed by atoms with E-state index in [9.17, 15) is 9.59 Å². The van der Waals surface area contributed by atoms with Crippen molar-refractivity contribution in [1.82, 2.24) is 0 Å². The quantitative estimate of drug-likeness (QED) is 0.537. The molecule has 0 amide bonds. The Bertz CT molecular complexity index is 410. The van der Waals surface area contributed by atoms with Gasteiger partial charge in [0.05, 0.1) is 12.5 Å². The van der Waals surface area contributed by atoms with Gasteiger partial charge in [0, 0.05) is 12.8 Å². The van der Waals surface area contributed by atoms with E-state index in [1.165, 1.54) is 6.92 Å². The second-order valence-corrected chi connectivity index (χ2v) is 5.47. The van der Waals surface area contributed by atoms with E-state index >= 15 is 0 Å². The Morgan fingerprint density at radius 3 is 2.94 bits per heavy atom. The van der Waals surface area contributed by atoms with Gasteiger partial charge in [0.2, 0.25) is 0 Å². The number of carbonyl (C=O) groups excluding carboxylic acids is 2. The Morgan fingerprint density at radius 1 is 1.69 bits per heavy atom. The second-order valence-electron chi connectivity index (χ2n) is 4.56. The molecule has 0 aromatic heterocycles. The number of Topliss-reactive ketones (excluding diaryl/α,β-unsaturated/α-hetero) is 1. The van der Waals surface area contributed by atoms with Gasteiger partial charge in [-0.2, -0.15) is 0 Å². The average molecular weight is 287 g/mol. The normalized spacial score (nSPS) is 44.5. The van der Waals surface area contributed by atoms with Crippen molar-refractivity contribution in [2.24, 2.45) is 11.8 Å². The average Bonchev–Trinajstić information content (AvgIpc) is 2.97. The van der Waals surface area contributed by atoms with Crippen molar-refractivity contribution in [3.63, 3.8) is 0 Å². The molecule has 86 valence electrons. The molecule has 1 heterocycles. The molecule has 4 nitrogen and oxygen atoms in total. The van der Waals surface area contributed by atoms with Crippen LogP contribution < -0.4 is 0 Å². The zero-order valence-electron chi connectivity index (χ0n) is 8.73. The van der Waals surface area contributed by atoms with Crippen LogP contribution in [-0.2, 0) is 19.1 Å². The highest BCUT2D eigenvalue weighted by molar-refractivity contribution is 9.11. The molecule has 1 saturated heterocycles. The van der Waals surface area contributed by atoms with Gasteiger partial charge in [0.1, 0.15) is 6.10 Å². The first-order valence-electron chi connectivity index (χ1n) is 5.27. The van der Waals surface area contributed by atoms with Gasteiger partial charge in [0.15, 0.2) is 11.4 Å². The molecule has 16 heavy (non-hydrogen) atoms. The first kappa shape index (κ1) is 10.5. The van der Waals surface area contributed by atoms with Crippen molar-refractivity contribution in [3.8, 4) is 0 Å². The lowest BCUT2D eigenvalue weighted by atomic mass is 9.66. The summed E-state index contributed by atoms with van der Waals surface area (Å²) in [5, 5.41) is 0. The van der Waals surface area contributed by atoms with Crippen LogP contribution in [0, 0.1) is 11.8 Å². The second kappa shape index (κ2) is 3.17. The maximum atomic E-state index is 12.1. The van der Waals surface area contributed by atoms with Crippen LogP contribution in [0.5, 0.6) is 0 Å². The summed E-state index contributed by atoms with van der Waals surface area (Å²) >= 11 is 3.47. The van der Waals surface area contributed by atoms with Gasteiger partial charge in [-0.15, -0.1) is 0 Å². The molecule has 4 aliphatic rings. The van der Waals surface area contributed by atoms with Gasteiger partial charge < -0.3 is 9.47 Å². The predicted molar refractivity (Wildman–Crippen MR) is 57.9 cm³/mol. The van der Waals surface area contributed by atoms with E-state index in [4.69, 9.17) is 9.47 Å². The van der Waals surface area contributed by atoms with Crippen molar-refractivity contribution in [1.29, 1.82) is 0 Å². The van der Waals surface area contributed by atoms with Gasteiger partial charge in [-0.25, -0.2) is 0 Å². The van der Waals surface area contributed by atoms with Gasteiger partial charge in [-0.1, -0.05) is 22.0 Å². The van der Waals surface area contributed by atoms with Crippen LogP contribution in [0.2, 0.25) is 0 Å². The SMILES string of the molecule is CC(=O)O[C@H]1CC2C(Br)=CC1C(=O)[C@]21CO1. The molecule has 0 aromatic rings. The van der Waals surface area contributed by atoms with Crippen LogP contribution in [0.1, 0.15) is 13.3 Å². The van der Waals surface area contributed by atoms with E-state index in [-0.39, 0.29) is 29.7 Å². The smallest absolute Gasteiger partial charge is 0.302 e. The summed E-state index contributed by atoms with van der Waals surface area (Å²) < 4.78 is 11.5. The van der Waals surface area contributed by atoms with Crippen LogP contribution >= 0.6 is 15.9 Å². The number of ketones is 1. The molecule has 4 atom stereocenters. The minimum Gasteiger partial charge on any atom is -0.461 e. The minimum atomic E-state index is -0.602. The minimum absolute atomic E-state index is 0.0225.